The van der Waals surface area contributed by atoms with E-state index < -0.39 is 15.8 Å². The summed E-state index contributed by atoms with van der Waals surface area (Å²) in [6.45, 7) is 4.25. The van der Waals surface area contributed by atoms with Gasteiger partial charge in [0.05, 0.1) is 17.6 Å². The van der Waals surface area contributed by atoms with Crippen LogP contribution in [-0.2, 0) is 21.4 Å². The molecule has 7 rings (SSSR count). The first-order valence-corrected chi connectivity index (χ1v) is 15.8. The highest BCUT2D eigenvalue weighted by Crippen LogP contribution is 2.38. The number of likely N-dealkylation sites (N-methyl/N-ethyl adjacent to an activating group) is 1. The normalized spacial score (nSPS) is 21.5. The third-order valence-corrected chi connectivity index (χ3v) is 10.6. The topological polar surface area (TPSA) is 124 Å². The van der Waals surface area contributed by atoms with Crippen LogP contribution in [0.5, 0.6) is 0 Å². The first-order chi connectivity index (χ1) is 20.8. The van der Waals surface area contributed by atoms with Crippen molar-refractivity contribution in [3.63, 3.8) is 0 Å². The van der Waals surface area contributed by atoms with E-state index in [9.17, 15) is 17.6 Å². The minimum absolute atomic E-state index is 0.0361. The van der Waals surface area contributed by atoms with E-state index in [1.165, 1.54) is 22.5 Å². The Balaban J connectivity index is 1.06. The third-order valence-electron chi connectivity index (χ3n) is 8.53. The van der Waals surface area contributed by atoms with Gasteiger partial charge in [0, 0.05) is 63.7 Å². The summed E-state index contributed by atoms with van der Waals surface area (Å²) in [7, 11) is -1.91. The van der Waals surface area contributed by atoms with Gasteiger partial charge in [-0.3, -0.25) is 9.48 Å². The number of anilines is 3. The first kappa shape index (κ1) is 27.7. The van der Waals surface area contributed by atoms with Gasteiger partial charge in [-0.1, -0.05) is 12.1 Å². The fraction of sp³-hybridized carbons (Fsp3) is 0.429. The summed E-state index contributed by atoms with van der Waals surface area (Å²) in [5.74, 6) is -0.320. The quantitative estimate of drug-likeness (QED) is 0.333. The maximum absolute atomic E-state index is 14.5. The van der Waals surface area contributed by atoms with Crippen molar-refractivity contribution >= 4 is 38.9 Å². The summed E-state index contributed by atoms with van der Waals surface area (Å²) in [5.41, 5.74) is 2.14. The molecule has 226 valence electrons. The van der Waals surface area contributed by atoms with E-state index in [2.05, 4.69) is 32.4 Å². The van der Waals surface area contributed by atoms with E-state index in [1.54, 1.807) is 27.7 Å². The van der Waals surface area contributed by atoms with Crippen LogP contribution in [0.2, 0.25) is 0 Å². The van der Waals surface area contributed by atoms with Crippen LogP contribution in [0, 0.1) is 5.82 Å². The second-order valence-electron chi connectivity index (χ2n) is 11.4. The standard InChI is InChI=1S/C28H33FN10O3S/c1-34-11-13-35(14-12-34)26(40)19-37-16-20(15-30-37)31-28-32-27-24(6-4-10-38(27)33-28)36-17-21-8-9-22(18-36)39(21)43(41,42)25-7-3-2-5-23(25)29/h2-7,10,15-16,21-22H,8-9,11-14,17-19H2,1H3,(H,31,33). The molecule has 3 aliphatic rings. The Kier molecular flexibility index (Phi) is 7.02. The molecule has 1 amide bonds. The monoisotopic (exact) mass is 608 g/mol. The number of fused-ring (bicyclic) bond motifs is 3. The number of halogens is 1. The average molecular weight is 609 g/mol. The lowest BCUT2D eigenvalue weighted by Gasteiger charge is -2.41. The summed E-state index contributed by atoms with van der Waals surface area (Å²) in [4.78, 5) is 23.4. The lowest BCUT2D eigenvalue weighted by molar-refractivity contribution is -0.133. The number of piperazine rings is 2. The zero-order valence-electron chi connectivity index (χ0n) is 23.8. The Morgan fingerprint density at radius 1 is 1.05 bits per heavy atom. The highest BCUT2D eigenvalue weighted by atomic mass is 32.2. The van der Waals surface area contributed by atoms with Crippen molar-refractivity contribution in [2.75, 3.05) is 56.5 Å². The molecule has 43 heavy (non-hydrogen) atoms. The number of pyridine rings is 1. The molecule has 6 heterocycles. The number of nitrogens with one attached hydrogen (secondary N) is 1. The average Bonchev–Trinajstić information content (AvgIpc) is 3.69. The van der Waals surface area contributed by atoms with Crippen molar-refractivity contribution in [1.82, 2.24) is 38.5 Å². The summed E-state index contributed by atoms with van der Waals surface area (Å²) in [6, 6.07) is 8.84. The van der Waals surface area contributed by atoms with Crippen LogP contribution in [0.1, 0.15) is 12.8 Å². The second kappa shape index (κ2) is 10.9. The van der Waals surface area contributed by atoms with Crippen molar-refractivity contribution < 1.29 is 17.6 Å². The van der Waals surface area contributed by atoms with Crippen molar-refractivity contribution in [2.45, 2.75) is 36.4 Å². The van der Waals surface area contributed by atoms with Crippen LogP contribution in [0.3, 0.4) is 0 Å². The Morgan fingerprint density at radius 3 is 2.53 bits per heavy atom. The van der Waals surface area contributed by atoms with Crippen molar-refractivity contribution in [1.29, 1.82) is 0 Å². The third kappa shape index (κ3) is 5.21. The molecule has 4 aromatic rings. The highest BCUT2D eigenvalue weighted by molar-refractivity contribution is 7.89. The number of carbonyl (C=O) groups is 1. The number of carbonyl (C=O) groups excluding carboxylic acids is 1. The van der Waals surface area contributed by atoms with Crippen molar-refractivity contribution in [3.05, 3.63) is 60.8 Å². The van der Waals surface area contributed by atoms with E-state index in [0.717, 1.165) is 18.8 Å². The number of aromatic nitrogens is 5. The van der Waals surface area contributed by atoms with Crippen LogP contribution in [0.25, 0.3) is 5.65 Å². The van der Waals surface area contributed by atoms with E-state index in [-0.39, 0.29) is 29.4 Å². The minimum Gasteiger partial charge on any atom is -0.365 e. The van der Waals surface area contributed by atoms with Crippen molar-refractivity contribution in [2.24, 2.45) is 0 Å². The zero-order valence-corrected chi connectivity index (χ0v) is 24.6. The van der Waals surface area contributed by atoms with Gasteiger partial charge in [0.2, 0.25) is 21.9 Å². The molecule has 0 spiro atoms. The largest absolute Gasteiger partial charge is 0.365 e. The summed E-state index contributed by atoms with van der Waals surface area (Å²) < 4.78 is 46.2. The van der Waals surface area contributed by atoms with Crippen LogP contribution in [0.15, 0.2) is 59.9 Å². The number of hydrogen-bond donors (Lipinski definition) is 1. The number of sulfonamides is 1. The van der Waals surface area contributed by atoms with Crippen LogP contribution >= 0.6 is 0 Å². The van der Waals surface area contributed by atoms with Gasteiger partial charge in [-0.05, 0) is 44.2 Å². The molecule has 2 unspecified atom stereocenters. The summed E-state index contributed by atoms with van der Waals surface area (Å²) in [6.07, 6.45) is 6.62. The fourth-order valence-electron chi connectivity index (χ4n) is 6.35. The number of rotatable bonds is 7. The van der Waals surface area contributed by atoms with Gasteiger partial charge in [-0.2, -0.15) is 14.4 Å². The number of hydrogen-bond acceptors (Lipinski definition) is 9. The van der Waals surface area contributed by atoms with Crippen LogP contribution in [-0.4, -0.2) is 111 Å². The van der Waals surface area contributed by atoms with Gasteiger partial charge >= 0.3 is 0 Å². The maximum atomic E-state index is 14.5. The molecule has 13 nitrogen and oxygen atoms in total. The molecule has 0 saturated carbocycles. The van der Waals surface area contributed by atoms with E-state index >= 15 is 0 Å². The Morgan fingerprint density at radius 2 is 1.79 bits per heavy atom. The Hall–Kier alpha value is -4.08. The van der Waals surface area contributed by atoms with Gasteiger partial charge < -0.3 is 20.0 Å². The minimum atomic E-state index is -3.97. The zero-order chi connectivity index (χ0) is 29.7. The van der Waals surface area contributed by atoms with Gasteiger partial charge in [-0.25, -0.2) is 17.3 Å². The van der Waals surface area contributed by atoms with Gasteiger partial charge in [0.15, 0.2) is 5.65 Å². The molecule has 3 aliphatic heterocycles. The van der Waals surface area contributed by atoms with Crippen LogP contribution < -0.4 is 10.2 Å². The van der Waals surface area contributed by atoms with Gasteiger partial charge in [-0.15, -0.1) is 5.10 Å². The summed E-state index contributed by atoms with van der Waals surface area (Å²) in [5, 5.41) is 12.1. The first-order valence-electron chi connectivity index (χ1n) is 14.4. The van der Waals surface area contributed by atoms with Crippen LogP contribution in [0.4, 0.5) is 21.7 Å². The molecule has 0 radical (unpaired) electrons. The predicted molar refractivity (Wildman–Crippen MR) is 157 cm³/mol. The summed E-state index contributed by atoms with van der Waals surface area (Å²) >= 11 is 0. The number of nitrogens with zero attached hydrogens (tertiary/aromatic N) is 9. The molecule has 2 atom stereocenters. The fourth-order valence-corrected chi connectivity index (χ4v) is 8.27. The lowest BCUT2D eigenvalue weighted by Crippen LogP contribution is -2.56. The predicted octanol–water partition coefficient (Wildman–Crippen LogP) is 1.62. The SMILES string of the molecule is CN1CCN(C(=O)Cn2cc(Nc3nc4c(N5CC6CCC(C5)N6S(=O)(=O)c5ccccc5F)cccn4n3)cn2)CC1. The molecular formula is C28H33FN10O3S. The molecule has 3 fully saturated rings. The van der Waals surface area contributed by atoms with E-state index in [1.807, 2.05) is 23.2 Å². The smallest absolute Gasteiger partial charge is 0.247 e. The number of benzene rings is 1. The molecule has 3 saturated heterocycles. The molecule has 0 aliphatic carbocycles. The molecule has 15 heteroatoms. The van der Waals surface area contributed by atoms with E-state index in [4.69, 9.17) is 4.98 Å². The number of amides is 1. The van der Waals surface area contributed by atoms with Crippen molar-refractivity contribution in [3.8, 4) is 0 Å². The molecule has 2 bridgehead atoms. The Bertz CT molecular complexity index is 1750. The lowest BCUT2D eigenvalue weighted by atomic mass is 10.2. The maximum Gasteiger partial charge on any atom is 0.247 e. The molecule has 1 N–H and O–H groups in total. The molecule has 1 aromatic carbocycles. The van der Waals surface area contributed by atoms with E-state index in [0.29, 0.717) is 56.3 Å². The highest BCUT2D eigenvalue weighted by Gasteiger charge is 2.47. The van der Waals surface area contributed by atoms with Gasteiger partial charge in [0.1, 0.15) is 17.3 Å². The molecular weight excluding hydrogens is 575 g/mol. The molecule has 3 aromatic heterocycles. The Labute approximate surface area is 248 Å². The van der Waals surface area contributed by atoms with Gasteiger partial charge in [0.25, 0.3) is 0 Å². The second-order valence-corrected chi connectivity index (χ2v) is 13.2.